The van der Waals surface area contributed by atoms with Crippen LogP contribution < -0.4 is 5.32 Å². The van der Waals surface area contributed by atoms with E-state index < -0.39 is 12.0 Å². The number of rotatable bonds is 5. The molecule has 0 fully saturated rings. The van der Waals surface area contributed by atoms with Crippen LogP contribution in [0.1, 0.15) is 29.9 Å². The highest BCUT2D eigenvalue weighted by atomic mass is 79.9. The van der Waals surface area contributed by atoms with E-state index in [-0.39, 0.29) is 11.8 Å². The van der Waals surface area contributed by atoms with E-state index in [0.29, 0.717) is 15.8 Å². The van der Waals surface area contributed by atoms with Crippen LogP contribution in [0.25, 0.3) is 0 Å². The van der Waals surface area contributed by atoms with E-state index in [1.54, 1.807) is 0 Å². The molecule has 0 aromatic carbocycles. The predicted octanol–water partition coefficient (Wildman–Crippen LogP) is 4.35. The number of methoxy groups -OCH3 is 1. The highest BCUT2D eigenvalue weighted by molar-refractivity contribution is 9.14. The Bertz CT molecular complexity index is 516. The Hall–Kier alpha value is 0.0800. The first-order valence-electron chi connectivity index (χ1n) is 5.79. The van der Waals surface area contributed by atoms with Gasteiger partial charge in [-0.1, -0.05) is 13.8 Å². The Morgan fingerprint density at radius 2 is 1.85 bits per heavy atom. The molecule has 1 N–H and O–H groups in total. The zero-order chi connectivity index (χ0) is 15.4. The van der Waals surface area contributed by atoms with Crippen LogP contribution >= 0.6 is 59.1 Å². The molecular formula is C12H14Br3NO3S. The van der Waals surface area contributed by atoms with Crippen LogP contribution in [0.2, 0.25) is 0 Å². The van der Waals surface area contributed by atoms with Gasteiger partial charge in [-0.15, -0.1) is 11.3 Å². The van der Waals surface area contributed by atoms with E-state index >= 15 is 0 Å². The second-order valence-electron chi connectivity index (χ2n) is 4.51. The first-order valence-corrected chi connectivity index (χ1v) is 8.99. The number of ether oxygens (including phenoxy) is 1. The van der Waals surface area contributed by atoms with Crippen molar-refractivity contribution in [2.24, 2.45) is 5.92 Å². The van der Waals surface area contributed by atoms with Crippen molar-refractivity contribution in [2.45, 2.75) is 26.3 Å². The Morgan fingerprint density at radius 1 is 1.25 bits per heavy atom. The fraction of sp³-hybridized carbons (Fsp3) is 0.500. The van der Waals surface area contributed by atoms with Gasteiger partial charge in [-0.2, -0.15) is 0 Å². The molecule has 0 saturated carbocycles. The summed E-state index contributed by atoms with van der Waals surface area (Å²) in [5.74, 6) is -0.466. The summed E-state index contributed by atoms with van der Waals surface area (Å²) >= 11 is 11.4. The maximum absolute atomic E-state index is 12.3. The summed E-state index contributed by atoms with van der Waals surface area (Å²) in [7, 11) is 1.32. The van der Waals surface area contributed by atoms with E-state index in [0.717, 1.165) is 8.26 Å². The molecule has 1 aromatic heterocycles. The number of halogens is 3. The summed E-state index contributed by atoms with van der Waals surface area (Å²) in [6, 6.07) is -0.640. The van der Waals surface area contributed by atoms with Crippen LogP contribution in [0.4, 0.5) is 0 Å². The van der Waals surface area contributed by atoms with Gasteiger partial charge in [0.05, 0.1) is 19.8 Å². The number of amides is 1. The average Bonchev–Trinajstić information content (AvgIpc) is 2.64. The summed E-state index contributed by atoms with van der Waals surface area (Å²) in [5.41, 5.74) is 0. The van der Waals surface area contributed by atoms with Crippen molar-refractivity contribution in [3.63, 3.8) is 0 Å². The fourth-order valence-electron chi connectivity index (χ4n) is 1.56. The van der Waals surface area contributed by atoms with Gasteiger partial charge in [0.1, 0.15) is 10.9 Å². The third kappa shape index (κ3) is 4.54. The van der Waals surface area contributed by atoms with Crippen LogP contribution in [0.3, 0.4) is 0 Å². The van der Waals surface area contributed by atoms with Gasteiger partial charge in [0, 0.05) is 0 Å². The average molecular weight is 492 g/mol. The molecule has 0 unspecified atom stereocenters. The highest BCUT2D eigenvalue weighted by Gasteiger charge is 2.26. The molecule has 0 radical (unpaired) electrons. The molecular weight excluding hydrogens is 478 g/mol. The van der Waals surface area contributed by atoms with Crippen LogP contribution in [0, 0.1) is 5.92 Å². The van der Waals surface area contributed by atoms with Crippen molar-refractivity contribution in [1.82, 2.24) is 5.32 Å². The predicted molar refractivity (Wildman–Crippen MR) is 90.1 cm³/mol. The van der Waals surface area contributed by atoms with E-state index in [9.17, 15) is 9.59 Å². The summed E-state index contributed by atoms with van der Waals surface area (Å²) in [6.45, 7) is 3.96. The molecule has 0 bridgehead atoms. The van der Waals surface area contributed by atoms with E-state index in [1.807, 2.05) is 13.8 Å². The quantitative estimate of drug-likeness (QED) is 0.623. The SMILES string of the molecule is COC(=O)[C@H](CC(C)C)NC(=O)c1sc(Br)c(Br)c1Br. The topological polar surface area (TPSA) is 55.4 Å². The van der Waals surface area contributed by atoms with Gasteiger partial charge in [0.15, 0.2) is 0 Å². The second-order valence-corrected chi connectivity index (χ2v) is 8.44. The highest BCUT2D eigenvalue weighted by Crippen LogP contribution is 2.40. The zero-order valence-corrected chi connectivity index (χ0v) is 16.7. The van der Waals surface area contributed by atoms with E-state index in [2.05, 4.69) is 53.1 Å². The van der Waals surface area contributed by atoms with E-state index in [4.69, 9.17) is 4.74 Å². The minimum Gasteiger partial charge on any atom is -0.467 e. The summed E-state index contributed by atoms with van der Waals surface area (Å²) < 4.78 is 6.99. The Morgan fingerprint density at radius 3 is 2.25 bits per heavy atom. The molecule has 1 amide bonds. The Kier molecular flexibility index (Phi) is 7.17. The lowest BCUT2D eigenvalue weighted by molar-refractivity contribution is -0.143. The summed E-state index contributed by atoms with van der Waals surface area (Å²) in [4.78, 5) is 24.5. The van der Waals surface area contributed by atoms with E-state index in [1.165, 1.54) is 18.4 Å². The van der Waals surface area contributed by atoms with Gasteiger partial charge in [-0.05, 0) is 60.1 Å². The zero-order valence-electron chi connectivity index (χ0n) is 11.1. The molecule has 0 saturated heterocycles. The first-order chi connectivity index (χ1) is 9.27. The number of carbonyl (C=O) groups excluding carboxylic acids is 2. The van der Waals surface area contributed by atoms with Crippen LogP contribution in [-0.2, 0) is 9.53 Å². The molecule has 112 valence electrons. The third-order valence-electron chi connectivity index (χ3n) is 2.46. The molecule has 8 heteroatoms. The molecule has 20 heavy (non-hydrogen) atoms. The van der Waals surface area contributed by atoms with Crippen molar-refractivity contribution in [2.75, 3.05) is 7.11 Å². The van der Waals surface area contributed by atoms with Crippen LogP contribution in [-0.4, -0.2) is 25.0 Å². The number of carbonyl (C=O) groups is 2. The van der Waals surface area contributed by atoms with Crippen molar-refractivity contribution in [3.8, 4) is 0 Å². The number of hydrogen-bond acceptors (Lipinski definition) is 4. The number of hydrogen-bond donors (Lipinski definition) is 1. The lowest BCUT2D eigenvalue weighted by Gasteiger charge is -2.18. The van der Waals surface area contributed by atoms with Crippen molar-refractivity contribution < 1.29 is 14.3 Å². The molecule has 0 aliphatic carbocycles. The number of nitrogens with one attached hydrogen (secondary N) is 1. The minimum atomic E-state index is -0.640. The molecule has 1 heterocycles. The number of thiophene rings is 1. The Labute approximate surface area is 147 Å². The molecule has 4 nitrogen and oxygen atoms in total. The van der Waals surface area contributed by atoms with Crippen LogP contribution in [0.15, 0.2) is 12.7 Å². The minimum absolute atomic E-state index is 0.268. The van der Waals surface area contributed by atoms with Crippen molar-refractivity contribution >= 4 is 71.0 Å². The van der Waals surface area contributed by atoms with Gasteiger partial charge in [-0.25, -0.2) is 4.79 Å². The lowest BCUT2D eigenvalue weighted by Crippen LogP contribution is -2.42. The molecule has 1 rings (SSSR count). The van der Waals surface area contributed by atoms with Crippen molar-refractivity contribution in [1.29, 1.82) is 0 Å². The van der Waals surface area contributed by atoms with Gasteiger partial charge in [0.2, 0.25) is 0 Å². The standard InChI is InChI=1S/C12H14Br3NO3S/c1-5(2)4-6(12(18)19-3)16-11(17)9-7(13)8(14)10(15)20-9/h5-6H,4H2,1-3H3,(H,16,17)/t6-/m0/s1. The van der Waals surface area contributed by atoms with Gasteiger partial charge in [0.25, 0.3) is 5.91 Å². The largest absolute Gasteiger partial charge is 0.467 e. The normalized spacial score (nSPS) is 12.3. The van der Waals surface area contributed by atoms with Crippen LogP contribution in [0.5, 0.6) is 0 Å². The van der Waals surface area contributed by atoms with Gasteiger partial charge < -0.3 is 10.1 Å². The molecule has 0 aliphatic rings. The second kappa shape index (κ2) is 7.91. The molecule has 1 aromatic rings. The summed E-state index contributed by atoms with van der Waals surface area (Å²) in [6.07, 6.45) is 0.531. The van der Waals surface area contributed by atoms with Gasteiger partial charge in [-0.3, -0.25) is 4.79 Å². The molecule has 0 spiro atoms. The third-order valence-corrected chi connectivity index (χ3v) is 7.49. The summed E-state index contributed by atoms with van der Waals surface area (Å²) in [5, 5.41) is 2.72. The maximum Gasteiger partial charge on any atom is 0.328 e. The molecule has 0 aliphatic heterocycles. The molecule has 1 atom stereocenters. The maximum atomic E-state index is 12.3. The monoisotopic (exact) mass is 489 g/mol. The lowest BCUT2D eigenvalue weighted by atomic mass is 10.0. The fourth-order valence-corrected chi connectivity index (χ4v) is 4.55. The van der Waals surface area contributed by atoms with Crippen molar-refractivity contribution in [3.05, 3.63) is 17.6 Å². The number of esters is 1. The van der Waals surface area contributed by atoms with Gasteiger partial charge >= 0.3 is 5.97 Å². The Balaban J connectivity index is 2.90. The first kappa shape index (κ1) is 18.1. The smallest absolute Gasteiger partial charge is 0.328 e.